The van der Waals surface area contributed by atoms with Gasteiger partial charge in [-0.15, -0.1) is 4.31 Å². The standard InChI is InChI=1S/C27H27F3N4O3S/c1-17-23-24(18-12-13-18)33(26(35)25(23)34(31-17)20-8-3-2-4-9-20)21-10-6-14-32(16-21)38(36,37)22-11-5-7-19(15-22)27(28,29)30/h2-5,7-9,11,15,18,21,24H,6,10,12-14,16H2,1H3. The Morgan fingerprint density at radius 1 is 1.05 bits per heavy atom. The van der Waals surface area contributed by atoms with Crippen molar-refractivity contribution >= 4 is 16.3 Å². The molecule has 1 saturated carbocycles. The van der Waals surface area contributed by atoms with Crippen LogP contribution in [0.15, 0.2) is 59.5 Å². The van der Waals surface area contributed by atoms with Crippen LogP contribution in [-0.2, 0) is 20.8 Å². The summed E-state index contributed by atoms with van der Waals surface area (Å²) < 4.78 is 69.6. The number of amides is 1. The van der Waals surface area contributed by atoms with Gasteiger partial charge in [0.25, 0.3) is 5.91 Å². The highest BCUT2D eigenvalue weighted by Crippen LogP contribution is 2.52. The summed E-state index contributed by atoms with van der Waals surface area (Å²) in [6.45, 7) is 2.13. The van der Waals surface area contributed by atoms with Gasteiger partial charge in [-0.05, 0) is 62.8 Å². The van der Waals surface area contributed by atoms with Crippen LogP contribution in [0.4, 0.5) is 13.2 Å². The molecule has 7 nitrogen and oxygen atoms in total. The summed E-state index contributed by atoms with van der Waals surface area (Å²) in [4.78, 5) is 15.4. The lowest BCUT2D eigenvalue weighted by atomic mass is 9.99. The molecule has 1 saturated heterocycles. The number of fused-ring (bicyclic) bond motifs is 1. The maximum absolute atomic E-state index is 14.0. The molecule has 200 valence electrons. The molecule has 2 aromatic carbocycles. The van der Waals surface area contributed by atoms with E-state index in [0.29, 0.717) is 24.6 Å². The van der Waals surface area contributed by atoms with Gasteiger partial charge in [0, 0.05) is 24.2 Å². The Labute approximate surface area is 219 Å². The van der Waals surface area contributed by atoms with Gasteiger partial charge in [-0.3, -0.25) is 4.79 Å². The van der Waals surface area contributed by atoms with Crippen molar-refractivity contribution in [3.05, 3.63) is 77.1 Å². The summed E-state index contributed by atoms with van der Waals surface area (Å²) in [5, 5.41) is 4.69. The molecule has 1 aliphatic carbocycles. The van der Waals surface area contributed by atoms with E-state index >= 15 is 0 Å². The Kier molecular flexibility index (Phi) is 6.00. The zero-order valence-electron chi connectivity index (χ0n) is 20.7. The molecule has 0 N–H and O–H groups in total. The van der Waals surface area contributed by atoms with Gasteiger partial charge >= 0.3 is 6.18 Å². The summed E-state index contributed by atoms with van der Waals surface area (Å²) in [6, 6.07) is 12.7. The quantitative estimate of drug-likeness (QED) is 0.415. The molecule has 6 rings (SSSR count). The van der Waals surface area contributed by atoms with E-state index in [-0.39, 0.29) is 31.0 Å². The smallest absolute Gasteiger partial charge is 0.416 e. The lowest BCUT2D eigenvalue weighted by molar-refractivity contribution is -0.137. The number of alkyl halides is 3. The van der Waals surface area contributed by atoms with Crippen LogP contribution in [-0.4, -0.2) is 48.6 Å². The Bertz CT molecular complexity index is 1440. The summed E-state index contributed by atoms with van der Waals surface area (Å²) in [7, 11) is -4.18. The Morgan fingerprint density at radius 3 is 2.47 bits per heavy atom. The Balaban J connectivity index is 1.33. The Hall–Kier alpha value is -3.02. The number of hydrogen-bond donors (Lipinski definition) is 0. The third kappa shape index (κ3) is 4.17. The summed E-state index contributed by atoms with van der Waals surface area (Å²) in [5.74, 6) is 0.104. The second-order valence-electron chi connectivity index (χ2n) is 10.3. The lowest BCUT2D eigenvalue weighted by Gasteiger charge is -2.40. The van der Waals surface area contributed by atoms with Crippen LogP contribution in [0.3, 0.4) is 0 Å². The summed E-state index contributed by atoms with van der Waals surface area (Å²) >= 11 is 0. The molecule has 3 aliphatic rings. The van der Waals surface area contributed by atoms with E-state index in [0.717, 1.165) is 41.9 Å². The molecule has 1 aromatic heterocycles. The second kappa shape index (κ2) is 9.03. The predicted octanol–water partition coefficient (Wildman–Crippen LogP) is 5.17. The zero-order valence-corrected chi connectivity index (χ0v) is 21.5. The van der Waals surface area contributed by atoms with Crippen molar-refractivity contribution in [3.8, 4) is 5.69 Å². The molecule has 3 heterocycles. The number of nitrogens with zero attached hydrogens (tertiary/aromatic N) is 4. The largest absolute Gasteiger partial charge is 0.593 e. The molecule has 0 bridgehead atoms. The first-order valence-electron chi connectivity index (χ1n) is 12.7. The number of aryl methyl sites for hydroxylation is 1. The van der Waals surface area contributed by atoms with E-state index < -0.39 is 33.1 Å². The number of rotatable bonds is 5. The fourth-order valence-electron chi connectivity index (χ4n) is 5.86. The zero-order chi connectivity index (χ0) is 26.8. The number of piperidine rings is 1. The molecule has 11 heteroatoms. The molecule has 2 aliphatic heterocycles. The number of sulfonamides is 1. The summed E-state index contributed by atoms with van der Waals surface area (Å²) in [6.07, 6.45) is -1.58. The molecule has 0 radical (unpaired) electrons. The highest BCUT2D eigenvalue weighted by molar-refractivity contribution is 7.95. The molecule has 2 fully saturated rings. The predicted molar refractivity (Wildman–Crippen MR) is 133 cm³/mol. The topological polar surface area (TPSA) is 81.5 Å². The van der Waals surface area contributed by atoms with Crippen LogP contribution in [0.5, 0.6) is 0 Å². The third-order valence-corrected chi connectivity index (χ3v) is 9.62. The normalized spacial score (nSPS) is 23.9. The number of benzene rings is 2. The van der Waals surface area contributed by atoms with Crippen LogP contribution < -0.4 is 0 Å². The number of carbonyl (C=O) groups is 1. The highest BCUT2D eigenvalue weighted by Gasteiger charge is 2.52. The number of para-hydroxylation sites is 1. The fourth-order valence-corrected chi connectivity index (χ4v) is 7.42. The van der Waals surface area contributed by atoms with Crippen molar-refractivity contribution in [2.75, 3.05) is 13.1 Å². The van der Waals surface area contributed by atoms with E-state index in [2.05, 4.69) is 5.10 Å². The van der Waals surface area contributed by atoms with Crippen LogP contribution in [0, 0.1) is 12.8 Å². The fraction of sp³-hybridized carbons (Fsp3) is 0.407. The Morgan fingerprint density at radius 2 is 1.79 bits per heavy atom. The molecule has 38 heavy (non-hydrogen) atoms. The van der Waals surface area contributed by atoms with Crippen LogP contribution in [0.1, 0.15) is 59.0 Å². The minimum Gasteiger partial charge on any atom is -0.593 e. The highest BCUT2D eigenvalue weighted by atomic mass is 32.3. The molecule has 3 aromatic rings. The maximum atomic E-state index is 14.0. The van der Waals surface area contributed by atoms with Crippen molar-refractivity contribution in [2.45, 2.75) is 55.8 Å². The number of hydrogen-bond acceptors (Lipinski definition) is 4. The molecule has 3 unspecified atom stereocenters. The first kappa shape index (κ1) is 25.3. The first-order valence-corrected chi connectivity index (χ1v) is 14.2. The second-order valence-corrected chi connectivity index (χ2v) is 12.2. The van der Waals surface area contributed by atoms with Crippen LogP contribution in [0.25, 0.3) is 5.69 Å². The number of halogens is 3. The van der Waals surface area contributed by atoms with Gasteiger partial charge in [-0.2, -0.15) is 18.3 Å². The molecule has 3 atom stereocenters. The average Bonchev–Trinajstić information content (AvgIpc) is 3.62. The van der Waals surface area contributed by atoms with Gasteiger partial charge in [0.15, 0.2) is 15.3 Å². The van der Waals surface area contributed by atoms with Gasteiger partial charge in [0.2, 0.25) is 0 Å². The van der Waals surface area contributed by atoms with Gasteiger partial charge in [-0.25, -0.2) is 4.68 Å². The van der Waals surface area contributed by atoms with Gasteiger partial charge < -0.3 is 9.45 Å². The lowest BCUT2D eigenvalue weighted by Crippen LogP contribution is -2.52. The SMILES string of the molecule is Cc1nn(-c2ccccc2)c2c1C(C1CC1)N(C1CCCN([S+](=O)([O-])c3cccc(C(F)(F)F)c3)C1)C2=O. The minimum absolute atomic E-state index is 0.0373. The monoisotopic (exact) mass is 544 g/mol. The molecular weight excluding hydrogens is 517 g/mol. The number of aromatic nitrogens is 2. The van der Waals surface area contributed by atoms with Crippen molar-refractivity contribution in [3.63, 3.8) is 0 Å². The van der Waals surface area contributed by atoms with E-state index in [1.165, 1.54) is 10.4 Å². The van der Waals surface area contributed by atoms with Gasteiger partial charge in [0.05, 0.1) is 29.5 Å². The van der Waals surface area contributed by atoms with E-state index in [1.807, 2.05) is 42.2 Å². The average molecular weight is 545 g/mol. The molecule has 1 amide bonds. The van der Waals surface area contributed by atoms with Crippen molar-refractivity contribution in [1.82, 2.24) is 19.0 Å². The van der Waals surface area contributed by atoms with Gasteiger partial charge in [-0.1, -0.05) is 28.5 Å². The summed E-state index contributed by atoms with van der Waals surface area (Å²) in [5.41, 5.74) is 1.97. The van der Waals surface area contributed by atoms with Crippen molar-refractivity contribution < 1.29 is 26.7 Å². The van der Waals surface area contributed by atoms with Crippen LogP contribution in [0.2, 0.25) is 0 Å². The van der Waals surface area contributed by atoms with E-state index in [4.69, 9.17) is 0 Å². The van der Waals surface area contributed by atoms with Crippen molar-refractivity contribution in [1.29, 1.82) is 0 Å². The third-order valence-electron chi connectivity index (χ3n) is 7.76. The number of carbonyl (C=O) groups excluding carboxylic acids is 1. The molecule has 0 spiro atoms. The van der Waals surface area contributed by atoms with Gasteiger partial charge in [0.1, 0.15) is 5.69 Å². The van der Waals surface area contributed by atoms with E-state index in [9.17, 15) is 26.7 Å². The van der Waals surface area contributed by atoms with Crippen LogP contribution >= 0.6 is 0 Å². The maximum Gasteiger partial charge on any atom is 0.416 e. The van der Waals surface area contributed by atoms with Crippen molar-refractivity contribution in [2.24, 2.45) is 5.92 Å². The van der Waals surface area contributed by atoms with E-state index in [1.54, 1.807) is 4.68 Å². The molecular formula is C27H27F3N4O3S. The minimum atomic E-state index is -4.65. The first-order chi connectivity index (χ1) is 18.1.